The Hall–Kier alpha value is -3.88. The standard InChI is InChI=1S/C22H19FN8/c23-18-14(13-10-24-12-25-11-13)4-5-15-17(18)20(30-29-15)22-27-19-16(6-7-26-21(19)28-22)31-8-2-1-3-9-31/h4-7,10-12H,1-3,8-9H2,(H,29,30)(H,26,27,28). The van der Waals surface area contributed by atoms with Gasteiger partial charge in [0.05, 0.1) is 16.6 Å². The number of aromatic nitrogens is 7. The average Bonchev–Trinajstić information content (AvgIpc) is 3.45. The Labute approximate surface area is 176 Å². The summed E-state index contributed by atoms with van der Waals surface area (Å²) in [6.07, 6.45) is 9.97. The van der Waals surface area contributed by atoms with Crippen molar-refractivity contribution in [3.05, 3.63) is 48.9 Å². The second-order valence-electron chi connectivity index (χ2n) is 7.71. The minimum atomic E-state index is -0.388. The summed E-state index contributed by atoms with van der Waals surface area (Å²) >= 11 is 0. The lowest BCUT2D eigenvalue weighted by atomic mass is 10.0. The first kappa shape index (κ1) is 17.9. The molecule has 5 aromatic rings. The van der Waals surface area contributed by atoms with Crippen LogP contribution in [0.2, 0.25) is 0 Å². The molecular weight excluding hydrogens is 395 g/mol. The molecule has 0 aliphatic carbocycles. The summed E-state index contributed by atoms with van der Waals surface area (Å²) < 4.78 is 15.6. The van der Waals surface area contributed by atoms with Crippen LogP contribution in [0.25, 0.3) is 44.7 Å². The lowest BCUT2D eigenvalue weighted by Crippen LogP contribution is -2.29. The zero-order chi connectivity index (χ0) is 20.8. The van der Waals surface area contributed by atoms with Crippen molar-refractivity contribution in [2.24, 2.45) is 0 Å². The third kappa shape index (κ3) is 2.92. The van der Waals surface area contributed by atoms with Crippen LogP contribution in [0.15, 0.2) is 43.1 Å². The number of halogens is 1. The van der Waals surface area contributed by atoms with Gasteiger partial charge in [-0.2, -0.15) is 5.10 Å². The summed E-state index contributed by atoms with van der Waals surface area (Å²) in [6.45, 7) is 2.02. The number of aromatic amines is 2. The molecule has 0 amide bonds. The molecule has 0 atom stereocenters. The van der Waals surface area contributed by atoms with Crippen LogP contribution in [-0.2, 0) is 0 Å². The van der Waals surface area contributed by atoms with Gasteiger partial charge in [-0.3, -0.25) is 5.10 Å². The maximum absolute atomic E-state index is 15.6. The minimum absolute atomic E-state index is 0.375. The van der Waals surface area contributed by atoms with Crippen molar-refractivity contribution >= 4 is 27.8 Å². The quantitative estimate of drug-likeness (QED) is 0.461. The number of piperidine rings is 1. The highest BCUT2D eigenvalue weighted by molar-refractivity contribution is 5.97. The molecule has 5 heterocycles. The number of H-pyrrole nitrogens is 2. The molecular formula is C22H19FN8. The van der Waals surface area contributed by atoms with E-state index in [-0.39, 0.29) is 5.82 Å². The first-order chi connectivity index (χ1) is 15.3. The maximum atomic E-state index is 15.6. The molecule has 4 aromatic heterocycles. The number of hydrogen-bond acceptors (Lipinski definition) is 6. The predicted octanol–water partition coefficient (Wildman–Crippen LogP) is 4.09. The summed E-state index contributed by atoms with van der Waals surface area (Å²) in [5.74, 6) is 0.0966. The van der Waals surface area contributed by atoms with Crippen molar-refractivity contribution < 1.29 is 4.39 Å². The fraction of sp³-hybridized carbons (Fsp3) is 0.227. The molecule has 0 saturated carbocycles. The summed E-state index contributed by atoms with van der Waals surface area (Å²) in [5.41, 5.74) is 4.56. The largest absolute Gasteiger partial charge is 0.370 e. The smallest absolute Gasteiger partial charge is 0.180 e. The molecule has 1 aromatic carbocycles. The van der Waals surface area contributed by atoms with E-state index in [2.05, 4.69) is 40.0 Å². The fourth-order valence-corrected chi connectivity index (χ4v) is 4.31. The van der Waals surface area contributed by atoms with Crippen LogP contribution in [0.1, 0.15) is 19.3 Å². The summed E-state index contributed by atoms with van der Waals surface area (Å²) in [4.78, 5) is 22.8. The minimum Gasteiger partial charge on any atom is -0.370 e. The Bertz CT molecular complexity index is 1390. The topological polar surface area (TPSA) is 99.3 Å². The molecule has 9 heteroatoms. The van der Waals surface area contributed by atoms with Gasteiger partial charge >= 0.3 is 0 Å². The van der Waals surface area contributed by atoms with E-state index in [1.165, 1.54) is 25.6 Å². The zero-order valence-electron chi connectivity index (χ0n) is 16.6. The second kappa shape index (κ2) is 7.12. The van der Waals surface area contributed by atoms with Gasteiger partial charge in [-0.25, -0.2) is 24.3 Å². The van der Waals surface area contributed by atoms with E-state index in [9.17, 15) is 0 Å². The molecule has 6 rings (SSSR count). The molecule has 1 aliphatic heterocycles. The molecule has 1 fully saturated rings. The summed E-state index contributed by atoms with van der Waals surface area (Å²) in [6, 6.07) is 5.51. The molecule has 8 nitrogen and oxygen atoms in total. The van der Waals surface area contributed by atoms with Crippen LogP contribution in [0.3, 0.4) is 0 Å². The van der Waals surface area contributed by atoms with Gasteiger partial charge in [-0.15, -0.1) is 0 Å². The van der Waals surface area contributed by atoms with Crippen LogP contribution in [-0.4, -0.2) is 48.2 Å². The molecule has 0 unspecified atom stereocenters. The van der Waals surface area contributed by atoms with E-state index in [4.69, 9.17) is 0 Å². The first-order valence-electron chi connectivity index (χ1n) is 10.3. The second-order valence-corrected chi connectivity index (χ2v) is 7.71. The highest BCUT2D eigenvalue weighted by Crippen LogP contribution is 2.34. The Balaban J connectivity index is 1.51. The Morgan fingerprint density at radius 1 is 1.00 bits per heavy atom. The van der Waals surface area contributed by atoms with E-state index in [1.807, 2.05) is 6.07 Å². The molecule has 154 valence electrons. The third-order valence-electron chi connectivity index (χ3n) is 5.83. The number of anilines is 1. The lowest BCUT2D eigenvalue weighted by Gasteiger charge is -2.28. The first-order valence-corrected chi connectivity index (χ1v) is 10.3. The lowest BCUT2D eigenvalue weighted by molar-refractivity contribution is 0.578. The van der Waals surface area contributed by atoms with Gasteiger partial charge in [0.25, 0.3) is 0 Å². The summed E-state index contributed by atoms with van der Waals surface area (Å²) in [7, 11) is 0. The van der Waals surface area contributed by atoms with Crippen molar-refractivity contribution in [3.8, 4) is 22.6 Å². The van der Waals surface area contributed by atoms with Gasteiger partial charge < -0.3 is 9.88 Å². The van der Waals surface area contributed by atoms with E-state index in [0.717, 1.165) is 24.3 Å². The molecule has 1 aliphatic rings. The number of hydrogen-bond donors (Lipinski definition) is 2. The van der Waals surface area contributed by atoms with Gasteiger partial charge in [-0.05, 0) is 37.5 Å². The van der Waals surface area contributed by atoms with Gasteiger partial charge in [0.2, 0.25) is 0 Å². The Kier molecular flexibility index (Phi) is 4.12. The van der Waals surface area contributed by atoms with Crippen LogP contribution in [0.4, 0.5) is 10.1 Å². The number of rotatable bonds is 3. The number of nitrogens with one attached hydrogen (secondary N) is 2. The molecule has 31 heavy (non-hydrogen) atoms. The van der Waals surface area contributed by atoms with Gasteiger partial charge in [0.15, 0.2) is 11.5 Å². The van der Waals surface area contributed by atoms with E-state index >= 15 is 4.39 Å². The van der Waals surface area contributed by atoms with Crippen LogP contribution < -0.4 is 4.90 Å². The Morgan fingerprint density at radius 3 is 2.68 bits per heavy atom. The van der Waals surface area contributed by atoms with Gasteiger partial charge in [-0.1, -0.05) is 0 Å². The average molecular weight is 414 g/mol. The highest BCUT2D eigenvalue weighted by Gasteiger charge is 2.21. The van der Waals surface area contributed by atoms with E-state index in [0.29, 0.717) is 39.2 Å². The van der Waals surface area contributed by atoms with Crippen molar-refractivity contribution in [2.75, 3.05) is 18.0 Å². The van der Waals surface area contributed by atoms with E-state index in [1.54, 1.807) is 30.7 Å². The molecule has 0 spiro atoms. The Morgan fingerprint density at radius 2 is 1.84 bits per heavy atom. The van der Waals surface area contributed by atoms with Crippen molar-refractivity contribution in [2.45, 2.75) is 19.3 Å². The molecule has 1 saturated heterocycles. The van der Waals surface area contributed by atoms with Gasteiger partial charge in [0, 0.05) is 42.8 Å². The van der Waals surface area contributed by atoms with Crippen LogP contribution >= 0.6 is 0 Å². The van der Waals surface area contributed by atoms with Crippen molar-refractivity contribution in [1.82, 2.24) is 35.1 Å². The number of imidazole rings is 1. The van der Waals surface area contributed by atoms with Crippen molar-refractivity contribution in [3.63, 3.8) is 0 Å². The fourth-order valence-electron chi connectivity index (χ4n) is 4.31. The summed E-state index contributed by atoms with van der Waals surface area (Å²) in [5, 5.41) is 7.66. The highest BCUT2D eigenvalue weighted by atomic mass is 19.1. The SMILES string of the molecule is Fc1c(-c2cncnc2)ccc2[nH]nc(-c3nc4nccc(N5CCCCC5)c4[nH]3)c12. The van der Waals surface area contributed by atoms with Crippen LogP contribution in [0.5, 0.6) is 0 Å². The normalized spacial score (nSPS) is 14.5. The monoisotopic (exact) mass is 414 g/mol. The van der Waals surface area contributed by atoms with Crippen LogP contribution in [0, 0.1) is 5.82 Å². The predicted molar refractivity (Wildman–Crippen MR) is 116 cm³/mol. The maximum Gasteiger partial charge on any atom is 0.180 e. The third-order valence-corrected chi connectivity index (χ3v) is 5.83. The molecule has 0 bridgehead atoms. The van der Waals surface area contributed by atoms with E-state index < -0.39 is 0 Å². The van der Waals surface area contributed by atoms with Crippen molar-refractivity contribution in [1.29, 1.82) is 0 Å². The number of pyridine rings is 1. The molecule has 0 radical (unpaired) electrons. The number of benzene rings is 1. The zero-order valence-corrected chi connectivity index (χ0v) is 16.6. The number of nitrogens with zero attached hydrogens (tertiary/aromatic N) is 6. The number of fused-ring (bicyclic) bond motifs is 2. The van der Waals surface area contributed by atoms with Gasteiger partial charge in [0.1, 0.15) is 23.4 Å². The molecule has 2 N–H and O–H groups in total.